The molecule has 1 amide bonds. The van der Waals surface area contributed by atoms with Gasteiger partial charge in [-0.25, -0.2) is 4.39 Å². The summed E-state index contributed by atoms with van der Waals surface area (Å²) in [7, 11) is 0. The monoisotopic (exact) mass is 371 g/mol. The van der Waals surface area contributed by atoms with Crippen LogP contribution in [0.2, 0.25) is 0 Å². The molecular formula is C20H18FNO5. The lowest BCUT2D eigenvalue weighted by molar-refractivity contribution is -0.149. The van der Waals surface area contributed by atoms with E-state index in [1.807, 2.05) is 0 Å². The molecule has 1 fully saturated rings. The van der Waals surface area contributed by atoms with Crippen LogP contribution < -0.4 is 14.4 Å². The van der Waals surface area contributed by atoms with Gasteiger partial charge in [0.25, 0.3) is 0 Å². The number of amides is 1. The molecule has 2 aliphatic heterocycles. The number of hydrogen-bond acceptors (Lipinski definition) is 5. The van der Waals surface area contributed by atoms with Crippen molar-refractivity contribution in [1.82, 2.24) is 0 Å². The highest BCUT2D eigenvalue weighted by Gasteiger charge is 2.36. The molecule has 0 saturated carbocycles. The molecule has 0 N–H and O–H groups in total. The van der Waals surface area contributed by atoms with E-state index in [1.54, 1.807) is 35.2 Å². The Morgan fingerprint density at radius 3 is 2.63 bits per heavy atom. The molecule has 27 heavy (non-hydrogen) atoms. The van der Waals surface area contributed by atoms with Gasteiger partial charge < -0.3 is 19.1 Å². The van der Waals surface area contributed by atoms with Gasteiger partial charge in [-0.2, -0.15) is 0 Å². The lowest BCUT2D eigenvalue weighted by atomic mass is 10.1. The fraction of sp³-hybridized carbons (Fsp3) is 0.300. The fourth-order valence-corrected chi connectivity index (χ4v) is 3.17. The molecule has 0 radical (unpaired) electrons. The molecular weight excluding hydrogens is 353 g/mol. The first-order valence-corrected chi connectivity index (χ1v) is 8.71. The zero-order chi connectivity index (χ0) is 18.8. The molecule has 1 atom stereocenters. The van der Waals surface area contributed by atoms with Crippen molar-refractivity contribution in [1.29, 1.82) is 0 Å². The largest absolute Gasteiger partial charge is 0.486 e. The highest BCUT2D eigenvalue weighted by Crippen LogP contribution is 2.36. The molecule has 2 aliphatic rings. The number of esters is 1. The van der Waals surface area contributed by atoms with Crippen molar-refractivity contribution in [3.05, 3.63) is 53.8 Å². The van der Waals surface area contributed by atoms with Crippen LogP contribution in [0.3, 0.4) is 0 Å². The van der Waals surface area contributed by atoms with Gasteiger partial charge in [0.05, 0.1) is 5.92 Å². The minimum atomic E-state index is -0.536. The summed E-state index contributed by atoms with van der Waals surface area (Å²) >= 11 is 0. The summed E-state index contributed by atoms with van der Waals surface area (Å²) in [5, 5.41) is 0. The van der Waals surface area contributed by atoms with Crippen LogP contribution >= 0.6 is 0 Å². The molecule has 0 spiro atoms. The fourth-order valence-electron chi connectivity index (χ4n) is 3.17. The van der Waals surface area contributed by atoms with Gasteiger partial charge in [-0.05, 0) is 29.8 Å². The van der Waals surface area contributed by atoms with Crippen molar-refractivity contribution in [3.8, 4) is 11.5 Å². The van der Waals surface area contributed by atoms with Crippen LogP contribution in [0, 0.1) is 11.7 Å². The third-order valence-electron chi connectivity index (χ3n) is 4.59. The van der Waals surface area contributed by atoms with Gasteiger partial charge in [0.1, 0.15) is 25.6 Å². The molecule has 2 aromatic rings. The maximum atomic E-state index is 12.9. The van der Waals surface area contributed by atoms with Crippen molar-refractivity contribution in [2.45, 2.75) is 13.0 Å². The molecule has 4 rings (SSSR count). The van der Waals surface area contributed by atoms with Crippen LogP contribution in [0.4, 0.5) is 10.1 Å². The minimum absolute atomic E-state index is 0.0494. The quantitative estimate of drug-likeness (QED) is 0.774. The topological polar surface area (TPSA) is 65.1 Å². The van der Waals surface area contributed by atoms with Gasteiger partial charge in [-0.15, -0.1) is 0 Å². The second kappa shape index (κ2) is 7.26. The predicted octanol–water partition coefficient (Wildman–Crippen LogP) is 2.69. The number of anilines is 1. The standard InChI is InChI=1S/C20H18FNO5/c21-15-3-1-13(2-4-15)12-27-20(24)14-9-19(23)22(11-14)16-5-6-17-18(10-16)26-8-7-25-17/h1-6,10,14H,7-9,11-12H2. The van der Waals surface area contributed by atoms with Crippen molar-refractivity contribution in [2.75, 3.05) is 24.7 Å². The number of halogens is 1. The molecule has 0 aliphatic carbocycles. The molecule has 0 aromatic heterocycles. The molecule has 2 heterocycles. The van der Waals surface area contributed by atoms with Crippen LogP contribution in [0.5, 0.6) is 11.5 Å². The van der Waals surface area contributed by atoms with Gasteiger partial charge in [0.2, 0.25) is 5.91 Å². The first-order chi connectivity index (χ1) is 13.1. The van der Waals surface area contributed by atoms with Crippen LogP contribution in [0.1, 0.15) is 12.0 Å². The number of ether oxygens (including phenoxy) is 3. The Balaban J connectivity index is 1.39. The number of fused-ring (bicyclic) bond motifs is 1. The normalized spacial score (nSPS) is 18.5. The molecule has 1 saturated heterocycles. The Bertz CT molecular complexity index is 867. The minimum Gasteiger partial charge on any atom is -0.486 e. The van der Waals surface area contributed by atoms with Gasteiger partial charge in [-0.3, -0.25) is 9.59 Å². The molecule has 1 unspecified atom stereocenters. The number of carbonyl (C=O) groups is 2. The van der Waals surface area contributed by atoms with E-state index in [-0.39, 0.29) is 31.3 Å². The van der Waals surface area contributed by atoms with Crippen molar-refractivity contribution >= 4 is 17.6 Å². The zero-order valence-corrected chi connectivity index (χ0v) is 14.5. The van der Waals surface area contributed by atoms with E-state index in [2.05, 4.69) is 0 Å². The molecule has 6 nitrogen and oxygen atoms in total. The molecule has 7 heteroatoms. The van der Waals surface area contributed by atoms with Crippen LogP contribution in [0.15, 0.2) is 42.5 Å². The average Bonchev–Trinajstić information content (AvgIpc) is 3.09. The van der Waals surface area contributed by atoms with Crippen molar-refractivity contribution in [3.63, 3.8) is 0 Å². The predicted molar refractivity (Wildman–Crippen MR) is 94.1 cm³/mol. The summed E-state index contributed by atoms with van der Waals surface area (Å²) in [5.41, 5.74) is 1.36. The third-order valence-corrected chi connectivity index (χ3v) is 4.59. The third kappa shape index (κ3) is 3.72. The Hall–Kier alpha value is -3.09. The lowest BCUT2D eigenvalue weighted by Crippen LogP contribution is -2.26. The average molecular weight is 371 g/mol. The Morgan fingerprint density at radius 1 is 1.11 bits per heavy atom. The Kier molecular flexibility index (Phi) is 4.66. The number of nitrogens with zero attached hydrogens (tertiary/aromatic N) is 1. The summed E-state index contributed by atoms with van der Waals surface area (Å²) in [6, 6.07) is 11.0. The zero-order valence-electron chi connectivity index (χ0n) is 14.5. The van der Waals surface area contributed by atoms with Crippen molar-refractivity contribution in [2.24, 2.45) is 5.92 Å². The van der Waals surface area contributed by atoms with E-state index < -0.39 is 11.9 Å². The molecule has 0 bridgehead atoms. The van der Waals surface area contributed by atoms with E-state index in [9.17, 15) is 14.0 Å². The summed E-state index contributed by atoms with van der Waals surface area (Å²) in [6.45, 7) is 1.26. The number of hydrogen-bond donors (Lipinski definition) is 0. The second-order valence-corrected chi connectivity index (χ2v) is 6.47. The summed E-state index contributed by atoms with van der Waals surface area (Å²) in [5.74, 6) is -0.225. The lowest BCUT2D eigenvalue weighted by Gasteiger charge is -2.22. The second-order valence-electron chi connectivity index (χ2n) is 6.47. The maximum absolute atomic E-state index is 12.9. The number of carbonyl (C=O) groups excluding carboxylic acids is 2. The Morgan fingerprint density at radius 2 is 1.85 bits per heavy atom. The summed E-state index contributed by atoms with van der Waals surface area (Å²) in [6.07, 6.45) is 0.0939. The first kappa shape index (κ1) is 17.3. The van der Waals surface area contributed by atoms with Gasteiger partial charge in [0.15, 0.2) is 11.5 Å². The highest BCUT2D eigenvalue weighted by molar-refractivity contribution is 5.99. The van der Waals surface area contributed by atoms with Gasteiger partial charge in [0, 0.05) is 24.7 Å². The van der Waals surface area contributed by atoms with E-state index in [4.69, 9.17) is 14.2 Å². The van der Waals surface area contributed by atoms with Crippen molar-refractivity contribution < 1.29 is 28.2 Å². The number of benzene rings is 2. The van der Waals surface area contributed by atoms with E-state index in [0.29, 0.717) is 36.0 Å². The van der Waals surface area contributed by atoms with E-state index >= 15 is 0 Å². The maximum Gasteiger partial charge on any atom is 0.311 e. The van der Waals surface area contributed by atoms with Crippen LogP contribution in [-0.2, 0) is 20.9 Å². The highest BCUT2D eigenvalue weighted by atomic mass is 19.1. The van der Waals surface area contributed by atoms with Crippen LogP contribution in [-0.4, -0.2) is 31.6 Å². The smallest absolute Gasteiger partial charge is 0.311 e. The Labute approximate surface area is 155 Å². The van der Waals surface area contributed by atoms with E-state index in [1.165, 1.54) is 12.1 Å². The summed E-state index contributed by atoms with van der Waals surface area (Å²) < 4.78 is 29.2. The molecule has 2 aromatic carbocycles. The SMILES string of the molecule is O=C(OCc1ccc(F)cc1)C1CC(=O)N(c2ccc3c(c2)OCCO3)C1. The van der Waals surface area contributed by atoms with Gasteiger partial charge >= 0.3 is 5.97 Å². The summed E-state index contributed by atoms with van der Waals surface area (Å²) in [4.78, 5) is 26.3. The molecule has 140 valence electrons. The van der Waals surface area contributed by atoms with Gasteiger partial charge in [-0.1, -0.05) is 12.1 Å². The number of rotatable bonds is 4. The van der Waals surface area contributed by atoms with E-state index in [0.717, 1.165) is 0 Å². The van der Waals surface area contributed by atoms with Crippen LogP contribution in [0.25, 0.3) is 0 Å². The first-order valence-electron chi connectivity index (χ1n) is 8.71.